The van der Waals surface area contributed by atoms with Crippen LogP contribution in [0.3, 0.4) is 0 Å². The number of nitriles is 1. The molecule has 3 rings (SSSR count). The Kier molecular flexibility index (Phi) is 5.29. The summed E-state index contributed by atoms with van der Waals surface area (Å²) >= 11 is 0. The van der Waals surface area contributed by atoms with Crippen molar-refractivity contribution in [1.29, 1.82) is 5.26 Å². The molecule has 130 valence electrons. The van der Waals surface area contributed by atoms with Gasteiger partial charge in [0.05, 0.1) is 5.56 Å². The van der Waals surface area contributed by atoms with Crippen LogP contribution in [0, 0.1) is 18.3 Å². The van der Waals surface area contributed by atoms with E-state index < -0.39 is 0 Å². The summed E-state index contributed by atoms with van der Waals surface area (Å²) in [5.74, 6) is 1.73. The summed E-state index contributed by atoms with van der Waals surface area (Å²) in [6, 6.07) is 5.93. The summed E-state index contributed by atoms with van der Waals surface area (Å²) in [6.45, 7) is 4.16. The van der Waals surface area contributed by atoms with Gasteiger partial charge in [0.15, 0.2) is 0 Å². The minimum atomic E-state index is 0.0714. The molecule has 1 saturated heterocycles. The molecule has 2 aromatic heterocycles. The van der Waals surface area contributed by atoms with E-state index in [1.54, 1.807) is 24.5 Å². The normalized spacial score (nSPS) is 15.0. The van der Waals surface area contributed by atoms with Crippen LogP contribution in [0.25, 0.3) is 0 Å². The maximum absolute atomic E-state index is 12.2. The number of aryl methyl sites for hydroxylation is 2. The van der Waals surface area contributed by atoms with Gasteiger partial charge in [-0.1, -0.05) is 0 Å². The average molecular weight is 338 g/mol. The number of amides is 1. The van der Waals surface area contributed by atoms with Crippen LogP contribution in [0.5, 0.6) is 0 Å². The summed E-state index contributed by atoms with van der Waals surface area (Å²) in [5.41, 5.74) is 0.598. The van der Waals surface area contributed by atoms with Gasteiger partial charge in [0, 0.05) is 50.7 Å². The molecule has 7 nitrogen and oxygen atoms in total. The zero-order valence-corrected chi connectivity index (χ0v) is 14.4. The number of imidazole rings is 1. The van der Waals surface area contributed by atoms with E-state index in [0.29, 0.717) is 18.5 Å². The third-order valence-corrected chi connectivity index (χ3v) is 4.57. The second-order valence-electron chi connectivity index (χ2n) is 6.23. The van der Waals surface area contributed by atoms with Gasteiger partial charge in [-0.2, -0.15) is 5.26 Å². The molecule has 1 N–H and O–H groups in total. The minimum absolute atomic E-state index is 0.0714. The van der Waals surface area contributed by atoms with Crippen molar-refractivity contribution in [2.24, 2.45) is 0 Å². The molecule has 1 aliphatic heterocycles. The van der Waals surface area contributed by atoms with Crippen LogP contribution in [-0.2, 0) is 11.3 Å². The van der Waals surface area contributed by atoms with Gasteiger partial charge in [0.25, 0.3) is 0 Å². The molecule has 1 fully saturated rings. The molecule has 2 aromatic rings. The lowest BCUT2D eigenvalue weighted by atomic mass is 10.0. The number of nitrogens with one attached hydrogen (secondary N) is 1. The van der Waals surface area contributed by atoms with Crippen molar-refractivity contribution in [3.05, 3.63) is 42.1 Å². The summed E-state index contributed by atoms with van der Waals surface area (Å²) in [6.07, 6.45) is 7.52. The highest BCUT2D eigenvalue weighted by Gasteiger charge is 2.22. The molecule has 0 atom stereocenters. The van der Waals surface area contributed by atoms with Crippen molar-refractivity contribution in [3.63, 3.8) is 0 Å². The molecule has 0 unspecified atom stereocenters. The number of pyridine rings is 1. The van der Waals surface area contributed by atoms with Crippen molar-refractivity contribution < 1.29 is 4.79 Å². The van der Waals surface area contributed by atoms with Crippen molar-refractivity contribution in [1.82, 2.24) is 19.9 Å². The molecule has 7 heteroatoms. The van der Waals surface area contributed by atoms with E-state index in [4.69, 9.17) is 0 Å². The number of carbonyl (C=O) groups excluding carboxylic acids is 1. The number of carbonyl (C=O) groups is 1. The molecule has 0 aromatic carbocycles. The lowest BCUT2D eigenvalue weighted by molar-refractivity contribution is -0.122. The van der Waals surface area contributed by atoms with Gasteiger partial charge < -0.3 is 14.8 Å². The number of anilines is 1. The Balaban J connectivity index is 1.47. The average Bonchev–Trinajstić information content (AvgIpc) is 3.05. The van der Waals surface area contributed by atoms with E-state index >= 15 is 0 Å². The number of nitrogens with zero attached hydrogens (tertiary/aromatic N) is 5. The van der Waals surface area contributed by atoms with Crippen LogP contribution in [-0.4, -0.2) is 39.6 Å². The number of piperidine rings is 1. The van der Waals surface area contributed by atoms with Crippen LogP contribution in [0.1, 0.15) is 30.7 Å². The Morgan fingerprint density at radius 2 is 2.16 bits per heavy atom. The highest BCUT2D eigenvalue weighted by Crippen LogP contribution is 2.21. The van der Waals surface area contributed by atoms with Crippen LogP contribution < -0.4 is 10.2 Å². The quantitative estimate of drug-likeness (QED) is 0.895. The molecule has 0 spiro atoms. The second kappa shape index (κ2) is 7.79. The first-order valence-corrected chi connectivity index (χ1v) is 8.54. The Hall–Kier alpha value is -2.88. The number of aromatic nitrogens is 3. The molecule has 0 saturated carbocycles. The van der Waals surface area contributed by atoms with Gasteiger partial charge in [0.2, 0.25) is 5.91 Å². The molecule has 0 radical (unpaired) electrons. The van der Waals surface area contributed by atoms with Crippen molar-refractivity contribution >= 4 is 11.7 Å². The topological polar surface area (TPSA) is 86.8 Å². The highest BCUT2D eigenvalue weighted by molar-refractivity contribution is 5.76. The lowest BCUT2D eigenvalue weighted by Crippen LogP contribution is -2.45. The molecular weight excluding hydrogens is 316 g/mol. The monoisotopic (exact) mass is 338 g/mol. The van der Waals surface area contributed by atoms with Crippen LogP contribution in [0.4, 0.5) is 5.82 Å². The molecular formula is C18H22N6O. The van der Waals surface area contributed by atoms with Gasteiger partial charge in [-0.05, 0) is 31.9 Å². The summed E-state index contributed by atoms with van der Waals surface area (Å²) in [4.78, 5) is 22.8. The van der Waals surface area contributed by atoms with E-state index in [-0.39, 0.29) is 11.9 Å². The molecule has 1 amide bonds. The Labute approximate surface area is 147 Å². The largest absolute Gasteiger partial charge is 0.355 e. The van der Waals surface area contributed by atoms with Crippen LogP contribution >= 0.6 is 0 Å². The Morgan fingerprint density at radius 3 is 2.84 bits per heavy atom. The maximum atomic E-state index is 12.2. The van der Waals surface area contributed by atoms with Gasteiger partial charge in [0.1, 0.15) is 17.7 Å². The maximum Gasteiger partial charge on any atom is 0.222 e. The van der Waals surface area contributed by atoms with E-state index in [0.717, 1.165) is 37.6 Å². The molecule has 3 heterocycles. The fourth-order valence-electron chi connectivity index (χ4n) is 3.13. The van der Waals surface area contributed by atoms with E-state index in [1.807, 2.05) is 17.7 Å². The second-order valence-corrected chi connectivity index (χ2v) is 6.23. The minimum Gasteiger partial charge on any atom is -0.355 e. The smallest absolute Gasteiger partial charge is 0.222 e. The van der Waals surface area contributed by atoms with Crippen LogP contribution in [0.15, 0.2) is 30.7 Å². The van der Waals surface area contributed by atoms with E-state index in [2.05, 4.69) is 26.3 Å². The first-order valence-electron chi connectivity index (χ1n) is 8.54. The molecule has 0 bridgehead atoms. The van der Waals surface area contributed by atoms with Gasteiger partial charge in [-0.3, -0.25) is 4.79 Å². The molecule has 1 aliphatic rings. The van der Waals surface area contributed by atoms with Gasteiger partial charge in [-0.25, -0.2) is 9.97 Å². The zero-order chi connectivity index (χ0) is 17.6. The van der Waals surface area contributed by atoms with Crippen molar-refractivity contribution in [3.8, 4) is 6.07 Å². The van der Waals surface area contributed by atoms with E-state index in [9.17, 15) is 10.1 Å². The predicted molar refractivity (Wildman–Crippen MR) is 93.9 cm³/mol. The number of hydrogen-bond acceptors (Lipinski definition) is 5. The molecule has 25 heavy (non-hydrogen) atoms. The first kappa shape index (κ1) is 17.0. The summed E-state index contributed by atoms with van der Waals surface area (Å²) < 4.78 is 1.98. The number of rotatable bonds is 5. The lowest BCUT2D eigenvalue weighted by Gasteiger charge is -2.33. The SMILES string of the molecule is Cc1nccn1CCC(=O)NC1CCN(c2ncccc2C#N)CC1. The summed E-state index contributed by atoms with van der Waals surface area (Å²) in [7, 11) is 0. The molecule has 0 aliphatic carbocycles. The zero-order valence-electron chi connectivity index (χ0n) is 14.4. The highest BCUT2D eigenvalue weighted by atomic mass is 16.1. The van der Waals surface area contributed by atoms with Crippen molar-refractivity contribution in [2.75, 3.05) is 18.0 Å². The third kappa shape index (κ3) is 4.15. The van der Waals surface area contributed by atoms with Gasteiger partial charge >= 0.3 is 0 Å². The predicted octanol–water partition coefficient (Wildman–Crippen LogP) is 1.63. The summed E-state index contributed by atoms with van der Waals surface area (Å²) in [5, 5.41) is 12.3. The fourth-order valence-corrected chi connectivity index (χ4v) is 3.13. The number of hydrogen-bond donors (Lipinski definition) is 1. The third-order valence-electron chi connectivity index (χ3n) is 4.57. The van der Waals surface area contributed by atoms with Gasteiger partial charge in [-0.15, -0.1) is 0 Å². The Morgan fingerprint density at radius 1 is 1.36 bits per heavy atom. The van der Waals surface area contributed by atoms with Crippen LogP contribution in [0.2, 0.25) is 0 Å². The van der Waals surface area contributed by atoms with Crippen molar-refractivity contribution in [2.45, 2.75) is 38.8 Å². The first-order chi connectivity index (χ1) is 12.2. The fraction of sp³-hybridized carbons (Fsp3) is 0.444. The standard InChI is InChI=1S/C18H22N6O/c1-14-20-8-12-23(14)11-6-17(25)22-16-4-9-24(10-5-16)18-15(13-19)3-2-7-21-18/h2-3,7-8,12,16H,4-6,9-11H2,1H3,(H,22,25). The van der Waals surface area contributed by atoms with E-state index in [1.165, 1.54) is 0 Å². The Bertz CT molecular complexity index is 770.